The Hall–Kier alpha value is -1.38. The third-order valence-electron chi connectivity index (χ3n) is 3.60. The summed E-state index contributed by atoms with van der Waals surface area (Å²) in [6, 6.07) is 1.43. The molecule has 0 radical (unpaired) electrons. The van der Waals surface area contributed by atoms with Crippen molar-refractivity contribution in [2.24, 2.45) is 0 Å². The molecule has 1 aliphatic rings. The summed E-state index contributed by atoms with van der Waals surface area (Å²) in [6.07, 6.45) is 2.07. The summed E-state index contributed by atoms with van der Waals surface area (Å²) in [5.41, 5.74) is 5.49. The lowest BCUT2D eigenvalue weighted by atomic mass is 9.93. The van der Waals surface area contributed by atoms with E-state index in [1.54, 1.807) is 0 Å². The predicted octanol–water partition coefficient (Wildman–Crippen LogP) is 0.998. The number of aliphatic hydroxyl groups is 1. The van der Waals surface area contributed by atoms with Crippen molar-refractivity contribution in [1.82, 2.24) is 4.72 Å². The first-order chi connectivity index (χ1) is 9.85. The predicted molar refractivity (Wildman–Crippen MR) is 75.9 cm³/mol. The van der Waals surface area contributed by atoms with Gasteiger partial charge in [-0.25, -0.2) is 17.5 Å². The van der Waals surface area contributed by atoms with Gasteiger partial charge >= 0.3 is 0 Å². The van der Waals surface area contributed by atoms with Crippen LogP contribution in [-0.2, 0) is 10.0 Å². The van der Waals surface area contributed by atoms with E-state index in [0.717, 1.165) is 25.0 Å². The summed E-state index contributed by atoms with van der Waals surface area (Å²) in [6.45, 7) is 0. The SMILES string of the molecule is COc1c(N)cc(S(=O)(=O)N[C@H]2CCCC[C@@H]2O)cc1F. The molecular weight excluding hydrogens is 299 g/mol. The van der Waals surface area contributed by atoms with E-state index in [0.29, 0.717) is 12.8 Å². The van der Waals surface area contributed by atoms with Crippen LogP contribution in [0.25, 0.3) is 0 Å². The molecular formula is C13H19FN2O4S. The fourth-order valence-electron chi connectivity index (χ4n) is 2.48. The van der Waals surface area contributed by atoms with Crippen molar-refractivity contribution in [3.63, 3.8) is 0 Å². The van der Waals surface area contributed by atoms with Gasteiger partial charge in [-0.1, -0.05) is 12.8 Å². The largest absolute Gasteiger partial charge is 0.492 e. The molecule has 0 spiro atoms. The Labute approximate surface area is 123 Å². The maximum atomic E-state index is 13.8. The van der Waals surface area contributed by atoms with Crippen molar-refractivity contribution >= 4 is 15.7 Å². The van der Waals surface area contributed by atoms with E-state index >= 15 is 0 Å². The van der Waals surface area contributed by atoms with Crippen LogP contribution >= 0.6 is 0 Å². The van der Waals surface area contributed by atoms with Gasteiger partial charge in [-0.3, -0.25) is 0 Å². The lowest BCUT2D eigenvalue weighted by Crippen LogP contribution is -2.44. The third-order valence-corrected chi connectivity index (χ3v) is 5.07. The number of nitrogen functional groups attached to an aromatic ring is 1. The number of rotatable bonds is 4. The van der Waals surface area contributed by atoms with E-state index < -0.39 is 28.0 Å². The normalized spacial score (nSPS) is 23.0. The van der Waals surface area contributed by atoms with Gasteiger partial charge in [0.25, 0.3) is 0 Å². The maximum absolute atomic E-state index is 13.8. The van der Waals surface area contributed by atoms with E-state index in [2.05, 4.69) is 4.72 Å². The smallest absolute Gasteiger partial charge is 0.241 e. The highest BCUT2D eigenvalue weighted by Gasteiger charge is 2.29. The second-order valence-corrected chi connectivity index (χ2v) is 6.82. The van der Waals surface area contributed by atoms with Crippen LogP contribution < -0.4 is 15.2 Å². The van der Waals surface area contributed by atoms with Crippen LogP contribution in [0, 0.1) is 5.82 Å². The Balaban J connectivity index is 2.27. The van der Waals surface area contributed by atoms with Gasteiger partial charge in [-0.05, 0) is 25.0 Å². The van der Waals surface area contributed by atoms with E-state index in [9.17, 15) is 17.9 Å². The monoisotopic (exact) mass is 318 g/mol. The van der Waals surface area contributed by atoms with Gasteiger partial charge in [0.2, 0.25) is 10.0 Å². The fraction of sp³-hybridized carbons (Fsp3) is 0.538. The number of hydrogen-bond acceptors (Lipinski definition) is 5. The molecule has 1 saturated carbocycles. The van der Waals surface area contributed by atoms with E-state index in [1.165, 1.54) is 7.11 Å². The molecule has 1 fully saturated rings. The Morgan fingerprint density at radius 2 is 2.05 bits per heavy atom. The van der Waals surface area contributed by atoms with Crippen molar-refractivity contribution in [2.45, 2.75) is 42.7 Å². The number of halogens is 1. The number of benzene rings is 1. The van der Waals surface area contributed by atoms with Crippen LogP contribution in [-0.4, -0.2) is 32.8 Å². The van der Waals surface area contributed by atoms with Crippen LogP contribution in [0.4, 0.5) is 10.1 Å². The molecule has 0 aromatic heterocycles. The minimum Gasteiger partial charge on any atom is -0.492 e. The average molecular weight is 318 g/mol. The molecule has 4 N–H and O–H groups in total. The Morgan fingerprint density at radius 1 is 1.38 bits per heavy atom. The summed E-state index contributed by atoms with van der Waals surface area (Å²) in [5, 5.41) is 9.82. The molecule has 118 valence electrons. The zero-order valence-corrected chi connectivity index (χ0v) is 12.5. The van der Waals surface area contributed by atoms with Gasteiger partial charge in [0, 0.05) is 6.04 Å². The standard InChI is InChI=1S/C13H19FN2O4S/c1-20-13-9(14)6-8(7-10(13)15)21(18,19)16-11-4-2-3-5-12(11)17/h6-7,11-12,16-17H,2-5,15H2,1H3/t11-,12-/m0/s1. The molecule has 0 aliphatic heterocycles. The van der Waals surface area contributed by atoms with Gasteiger partial charge in [-0.2, -0.15) is 0 Å². The highest BCUT2D eigenvalue weighted by Crippen LogP contribution is 2.29. The van der Waals surface area contributed by atoms with Gasteiger partial charge in [-0.15, -0.1) is 0 Å². The number of hydrogen-bond donors (Lipinski definition) is 3. The van der Waals surface area contributed by atoms with Crippen molar-refractivity contribution in [1.29, 1.82) is 0 Å². The molecule has 6 nitrogen and oxygen atoms in total. The zero-order chi connectivity index (χ0) is 15.6. The van der Waals surface area contributed by atoms with Gasteiger partial charge in [0.1, 0.15) is 0 Å². The molecule has 1 aromatic carbocycles. The second-order valence-electron chi connectivity index (χ2n) is 5.11. The zero-order valence-electron chi connectivity index (χ0n) is 11.7. The van der Waals surface area contributed by atoms with Crippen LogP contribution in [0.3, 0.4) is 0 Å². The number of nitrogens with two attached hydrogens (primary N) is 1. The second kappa shape index (κ2) is 6.17. The molecule has 8 heteroatoms. The molecule has 2 atom stereocenters. The van der Waals surface area contributed by atoms with Gasteiger partial charge < -0.3 is 15.6 Å². The van der Waals surface area contributed by atoms with Crippen LogP contribution in [0.5, 0.6) is 5.75 Å². The Bertz CT molecular complexity index is 598. The number of nitrogens with one attached hydrogen (secondary N) is 1. The molecule has 21 heavy (non-hydrogen) atoms. The molecule has 0 amide bonds. The highest BCUT2D eigenvalue weighted by molar-refractivity contribution is 7.89. The third kappa shape index (κ3) is 3.45. The fourth-order valence-corrected chi connectivity index (χ4v) is 3.83. The summed E-state index contributed by atoms with van der Waals surface area (Å²) >= 11 is 0. The Morgan fingerprint density at radius 3 is 2.62 bits per heavy atom. The molecule has 1 aromatic rings. The number of aliphatic hydroxyl groups excluding tert-OH is 1. The number of sulfonamides is 1. The molecule has 0 heterocycles. The van der Waals surface area contributed by atoms with E-state index in [1.807, 2.05) is 0 Å². The van der Waals surface area contributed by atoms with Crippen LogP contribution in [0.2, 0.25) is 0 Å². The highest BCUT2D eigenvalue weighted by atomic mass is 32.2. The molecule has 0 bridgehead atoms. The lowest BCUT2D eigenvalue weighted by Gasteiger charge is -2.28. The van der Waals surface area contributed by atoms with Crippen LogP contribution in [0.15, 0.2) is 17.0 Å². The van der Waals surface area contributed by atoms with E-state index in [4.69, 9.17) is 10.5 Å². The maximum Gasteiger partial charge on any atom is 0.241 e. The van der Waals surface area contributed by atoms with Gasteiger partial charge in [0.05, 0.1) is 23.8 Å². The first kappa shape index (κ1) is 16.0. The molecule has 2 rings (SSSR count). The Kier molecular flexibility index (Phi) is 4.70. The van der Waals surface area contributed by atoms with Crippen molar-refractivity contribution < 1.29 is 22.7 Å². The minimum atomic E-state index is -3.95. The van der Waals surface area contributed by atoms with E-state index in [-0.39, 0.29) is 16.3 Å². The number of anilines is 1. The average Bonchev–Trinajstić information content (AvgIpc) is 2.41. The van der Waals surface area contributed by atoms with Crippen molar-refractivity contribution in [3.05, 3.63) is 17.9 Å². The summed E-state index contributed by atoms with van der Waals surface area (Å²) in [4.78, 5) is -0.281. The first-order valence-electron chi connectivity index (χ1n) is 6.68. The summed E-state index contributed by atoms with van der Waals surface area (Å²) in [5.74, 6) is -1.03. The van der Waals surface area contributed by atoms with Crippen molar-refractivity contribution in [2.75, 3.05) is 12.8 Å². The molecule has 0 unspecified atom stereocenters. The van der Waals surface area contributed by atoms with Crippen LogP contribution in [0.1, 0.15) is 25.7 Å². The first-order valence-corrected chi connectivity index (χ1v) is 8.17. The quantitative estimate of drug-likeness (QED) is 0.719. The number of methoxy groups -OCH3 is 1. The summed E-state index contributed by atoms with van der Waals surface area (Å²) < 4.78 is 45.4. The minimum absolute atomic E-state index is 0.0953. The number of ether oxygens (including phenoxy) is 1. The topological polar surface area (TPSA) is 102 Å². The van der Waals surface area contributed by atoms with Gasteiger partial charge in [0.15, 0.2) is 11.6 Å². The van der Waals surface area contributed by atoms with Crippen molar-refractivity contribution in [3.8, 4) is 5.75 Å². The molecule has 1 aliphatic carbocycles. The summed E-state index contributed by atoms with van der Waals surface area (Å²) in [7, 11) is -2.70. The lowest BCUT2D eigenvalue weighted by molar-refractivity contribution is 0.101. The molecule has 0 saturated heterocycles.